The van der Waals surface area contributed by atoms with Crippen molar-refractivity contribution in [2.24, 2.45) is 22.1 Å². The lowest BCUT2D eigenvalue weighted by Crippen LogP contribution is -2.47. The molecule has 4 rings (SSSR count). The minimum absolute atomic E-state index is 0.0744. The number of piperazine rings is 1. The molecule has 2 N–H and O–H groups in total. The number of carbonyl (C=O) groups excluding carboxylic acids is 1. The van der Waals surface area contributed by atoms with Crippen LogP contribution in [0.15, 0.2) is 87.6 Å². The monoisotopic (exact) mass is 530 g/mol. The van der Waals surface area contributed by atoms with E-state index in [0.717, 1.165) is 17.5 Å². The quantitative estimate of drug-likeness (QED) is 0.130. The van der Waals surface area contributed by atoms with Crippen molar-refractivity contribution in [3.8, 4) is 0 Å². The first-order valence-electron chi connectivity index (χ1n) is 13.5. The number of allylic oxidation sites excluding steroid dienone is 5. The van der Waals surface area contributed by atoms with Crippen LogP contribution in [0.2, 0.25) is 0 Å². The molecule has 2 fully saturated rings. The van der Waals surface area contributed by atoms with Gasteiger partial charge in [-0.25, -0.2) is 0 Å². The third kappa shape index (κ3) is 7.17. The molecule has 2 atom stereocenters. The number of hydrogen-bond acceptors (Lipinski definition) is 9. The first kappa shape index (κ1) is 28.2. The van der Waals surface area contributed by atoms with E-state index in [2.05, 4.69) is 49.8 Å². The maximum absolute atomic E-state index is 11.5. The van der Waals surface area contributed by atoms with Crippen molar-refractivity contribution in [3.63, 3.8) is 0 Å². The van der Waals surface area contributed by atoms with E-state index in [1.165, 1.54) is 0 Å². The zero-order chi connectivity index (χ0) is 27.8. The Hall–Kier alpha value is -3.85. The van der Waals surface area contributed by atoms with E-state index in [1.54, 1.807) is 13.1 Å². The van der Waals surface area contributed by atoms with Gasteiger partial charge in [-0.2, -0.15) is 5.10 Å². The third-order valence-corrected chi connectivity index (χ3v) is 7.29. The Morgan fingerprint density at radius 2 is 1.79 bits per heavy atom. The second kappa shape index (κ2) is 13.3. The average molecular weight is 531 g/mol. The predicted octanol–water partition coefficient (Wildman–Crippen LogP) is 4.25. The normalized spacial score (nSPS) is 23.7. The maximum Gasteiger partial charge on any atom is 0.128 e. The zero-order valence-electron chi connectivity index (χ0n) is 22.9. The van der Waals surface area contributed by atoms with Gasteiger partial charge in [0.15, 0.2) is 0 Å². The zero-order valence-corrected chi connectivity index (χ0v) is 22.9. The van der Waals surface area contributed by atoms with Crippen LogP contribution in [0.3, 0.4) is 0 Å². The van der Waals surface area contributed by atoms with Gasteiger partial charge >= 0.3 is 0 Å². The number of rotatable bonds is 13. The summed E-state index contributed by atoms with van der Waals surface area (Å²) in [5, 5.41) is 16.4. The molecule has 2 unspecified atom stereocenters. The molecule has 39 heavy (non-hydrogen) atoms. The molecule has 1 aromatic rings. The maximum atomic E-state index is 11.5. The number of nitrogens with one attached hydrogen (secondary N) is 2. The molecule has 3 aliphatic rings. The summed E-state index contributed by atoms with van der Waals surface area (Å²) in [6, 6.07) is 9.70. The molecule has 206 valence electrons. The third-order valence-electron chi connectivity index (χ3n) is 7.29. The van der Waals surface area contributed by atoms with Gasteiger partial charge in [-0.3, -0.25) is 10.3 Å². The van der Waals surface area contributed by atoms with Crippen molar-refractivity contribution in [3.05, 3.63) is 87.8 Å². The molecule has 9 heteroatoms. The molecule has 1 saturated carbocycles. The van der Waals surface area contributed by atoms with Crippen LogP contribution in [-0.2, 0) is 9.53 Å². The van der Waals surface area contributed by atoms with Gasteiger partial charge in [-0.1, -0.05) is 54.6 Å². The first-order chi connectivity index (χ1) is 18.9. The van der Waals surface area contributed by atoms with Crippen molar-refractivity contribution in [1.82, 2.24) is 15.2 Å². The van der Waals surface area contributed by atoms with Crippen LogP contribution in [-0.4, -0.2) is 72.9 Å². The smallest absolute Gasteiger partial charge is 0.128 e. The standard InChI is InChI=1S/C30H38N6O3/c1-21(2)39-28(13-18-37)27(19-32-33-30-24-11-7-8-12-25(24)30)36-16-14-35(15-17-36)20-26(22(3)34-38)29(31)23-9-5-4-6-10-23/h4-12,18-19,21,24-25,30-31,33H,13-17,20H2,1-3H3/b26-22-,28-27-,31-29?,32-19-. The Balaban J connectivity index is 1.46. The van der Waals surface area contributed by atoms with Crippen LogP contribution in [0, 0.1) is 22.2 Å². The van der Waals surface area contributed by atoms with Gasteiger partial charge in [-0.05, 0) is 31.5 Å². The molecule has 0 radical (unpaired) electrons. The van der Waals surface area contributed by atoms with Gasteiger partial charge in [-0.15, -0.1) is 4.91 Å². The van der Waals surface area contributed by atoms with Crippen LogP contribution < -0.4 is 5.43 Å². The highest BCUT2D eigenvalue weighted by Crippen LogP contribution is 2.43. The summed E-state index contributed by atoms with van der Waals surface area (Å²) >= 11 is 0. The molecule has 1 aromatic carbocycles. The lowest BCUT2D eigenvalue weighted by Gasteiger charge is -2.37. The molecule has 9 nitrogen and oxygen atoms in total. The fourth-order valence-corrected chi connectivity index (χ4v) is 5.08. The number of aldehydes is 1. The number of hydrogen-bond donors (Lipinski definition) is 2. The van der Waals surface area contributed by atoms with Gasteiger partial charge < -0.3 is 19.9 Å². The fourth-order valence-electron chi connectivity index (χ4n) is 5.08. The molecular formula is C30H38N6O3. The molecule has 1 heterocycles. The van der Waals surface area contributed by atoms with Crippen molar-refractivity contribution >= 4 is 18.2 Å². The summed E-state index contributed by atoms with van der Waals surface area (Å²) < 4.78 is 6.06. The molecule has 0 bridgehead atoms. The second-order valence-corrected chi connectivity index (χ2v) is 10.3. The Kier molecular flexibility index (Phi) is 9.59. The molecule has 1 aliphatic heterocycles. The number of hydrazone groups is 1. The van der Waals surface area contributed by atoms with E-state index in [4.69, 9.17) is 10.1 Å². The minimum atomic E-state index is -0.0744. The summed E-state index contributed by atoms with van der Waals surface area (Å²) in [7, 11) is 0. The lowest BCUT2D eigenvalue weighted by molar-refractivity contribution is -0.108. The molecule has 0 aromatic heterocycles. The SMILES string of the molecule is C/C(N=O)=C(\CN1CCN(C(/C=N\NC2C3C=CC=CC32)=C(/CC=O)OC(C)C)CC1)C(=N)c1ccccc1. The number of nitroso groups, excluding NO2 is 1. The van der Waals surface area contributed by atoms with Gasteiger partial charge in [0.05, 0.1) is 41.9 Å². The number of fused-ring (bicyclic) bond motifs is 1. The Morgan fingerprint density at radius 1 is 1.13 bits per heavy atom. The Labute approximate surface area is 230 Å². The lowest BCUT2D eigenvalue weighted by atomic mass is 10.00. The summed E-state index contributed by atoms with van der Waals surface area (Å²) in [4.78, 5) is 27.4. The topological polar surface area (TPSA) is 110 Å². The van der Waals surface area contributed by atoms with Crippen molar-refractivity contribution in [1.29, 1.82) is 5.41 Å². The van der Waals surface area contributed by atoms with E-state index in [0.29, 0.717) is 67.3 Å². The number of carbonyl (C=O) groups is 1. The number of ether oxygens (including phenoxy) is 1. The summed E-state index contributed by atoms with van der Waals surface area (Å²) in [5.41, 5.74) is 6.12. The van der Waals surface area contributed by atoms with Crippen molar-refractivity contribution in [2.45, 2.75) is 39.3 Å². The first-order valence-corrected chi connectivity index (χ1v) is 13.5. The number of nitrogens with zero attached hydrogens (tertiary/aromatic N) is 4. The van der Waals surface area contributed by atoms with E-state index in [1.807, 2.05) is 44.2 Å². The molecule has 0 amide bonds. The predicted molar refractivity (Wildman–Crippen MR) is 154 cm³/mol. The van der Waals surface area contributed by atoms with Gasteiger partial charge in [0.2, 0.25) is 0 Å². The van der Waals surface area contributed by atoms with Gasteiger partial charge in [0, 0.05) is 50.1 Å². The van der Waals surface area contributed by atoms with E-state index in [9.17, 15) is 9.70 Å². The highest BCUT2D eigenvalue weighted by atomic mass is 16.5. The van der Waals surface area contributed by atoms with E-state index < -0.39 is 0 Å². The summed E-state index contributed by atoms with van der Waals surface area (Å²) in [6.07, 6.45) is 11.3. The second-order valence-electron chi connectivity index (χ2n) is 10.3. The van der Waals surface area contributed by atoms with Crippen molar-refractivity contribution < 1.29 is 9.53 Å². The largest absolute Gasteiger partial charge is 0.493 e. The average Bonchev–Trinajstić information content (AvgIpc) is 3.66. The van der Waals surface area contributed by atoms with E-state index >= 15 is 0 Å². The van der Waals surface area contributed by atoms with Crippen LogP contribution in [0.4, 0.5) is 0 Å². The van der Waals surface area contributed by atoms with Crippen LogP contribution in [0.25, 0.3) is 0 Å². The fraction of sp³-hybridized carbons (Fsp3) is 0.433. The van der Waals surface area contributed by atoms with Crippen molar-refractivity contribution in [2.75, 3.05) is 32.7 Å². The van der Waals surface area contributed by atoms with Crippen LogP contribution in [0.5, 0.6) is 0 Å². The molecule has 0 spiro atoms. The summed E-state index contributed by atoms with van der Waals surface area (Å²) in [6.45, 7) is 8.81. The Morgan fingerprint density at radius 3 is 2.38 bits per heavy atom. The molecule has 1 saturated heterocycles. The Bertz CT molecular complexity index is 1170. The highest BCUT2D eigenvalue weighted by Gasteiger charge is 2.47. The van der Waals surface area contributed by atoms with Gasteiger partial charge in [0.1, 0.15) is 12.0 Å². The summed E-state index contributed by atoms with van der Waals surface area (Å²) in [5.74, 6) is 1.57. The van der Waals surface area contributed by atoms with Crippen LogP contribution >= 0.6 is 0 Å². The van der Waals surface area contributed by atoms with Gasteiger partial charge in [0.25, 0.3) is 0 Å². The molecule has 2 aliphatic carbocycles. The minimum Gasteiger partial charge on any atom is -0.493 e. The highest BCUT2D eigenvalue weighted by molar-refractivity contribution is 6.11. The number of benzene rings is 1. The van der Waals surface area contributed by atoms with Crippen LogP contribution in [0.1, 0.15) is 32.8 Å². The van der Waals surface area contributed by atoms with E-state index in [-0.39, 0.29) is 18.6 Å². The molecular weight excluding hydrogens is 492 g/mol.